The smallest absolute Gasteiger partial charge is 0.261 e. The van der Waals surface area contributed by atoms with Crippen LogP contribution in [0.15, 0.2) is 77.0 Å². The Labute approximate surface area is 185 Å². The van der Waals surface area contributed by atoms with Crippen LogP contribution in [-0.2, 0) is 4.79 Å². The number of benzene rings is 3. The highest BCUT2D eigenvalue weighted by molar-refractivity contribution is 6.21. The third-order valence-electron chi connectivity index (χ3n) is 5.18. The Hall–Kier alpha value is -4.13. The van der Waals surface area contributed by atoms with E-state index < -0.39 is 0 Å². The van der Waals surface area contributed by atoms with Crippen molar-refractivity contribution in [3.8, 4) is 0 Å². The molecule has 0 atom stereocenters. The second-order valence-electron chi connectivity index (χ2n) is 7.66. The fourth-order valence-electron chi connectivity index (χ4n) is 3.42. The summed E-state index contributed by atoms with van der Waals surface area (Å²) >= 11 is 0. The van der Waals surface area contributed by atoms with Crippen molar-refractivity contribution >= 4 is 34.8 Å². The average molecular weight is 426 g/mol. The molecule has 0 saturated carbocycles. The topological polar surface area (TPSA) is 91.2 Å². The summed E-state index contributed by atoms with van der Waals surface area (Å²) in [6.07, 6.45) is -0.0200. The van der Waals surface area contributed by atoms with E-state index in [9.17, 15) is 14.4 Å². The molecule has 1 aliphatic heterocycles. The molecule has 3 aromatic carbocycles. The highest BCUT2D eigenvalue weighted by atomic mass is 16.2. The number of carbonyl (C=O) groups excluding carboxylic acids is 3. The van der Waals surface area contributed by atoms with Crippen molar-refractivity contribution in [3.05, 3.63) is 89.0 Å². The van der Waals surface area contributed by atoms with E-state index >= 15 is 0 Å². The number of hydrogen-bond donors (Lipinski definition) is 1. The molecule has 0 aliphatic carbocycles. The SMILES string of the molecule is Cc1ccc(N=Nc2cc(C)ccc2NC(=O)CCN2C(=O)c3ccccc3C2=O)cc1. The molecule has 3 aromatic rings. The number of anilines is 1. The van der Waals surface area contributed by atoms with E-state index in [-0.39, 0.29) is 30.7 Å². The lowest BCUT2D eigenvalue weighted by molar-refractivity contribution is -0.116. The summed E-state index contributed by atoms with van der Waals surface area (Å²) in [7, 11) is 0. The molecule has 0 aromatic heterocycles. The van der Waals surface area contributed by atoms with Gasteiger partial charge in [-0.25, -0.2) is 0 Å². The van der Waals surface area contributed by atoms with E-state index in [1.807, 2.05) is 50.2 Å². The number of carbonyl (C=O) groups is 3. The van der Waals surface area contributed by atoms with Crippen LogP contribution >= 0.6 is 0 Å². The third-order valence-corrected chi connectivity index (χ3v) is 5.18. The molecule has 160 valence electrons. The van der Waals surface area contributed by atoms with Gasteiger partial charge in [-0.05, 0) is 55.8 Å². The Morgan fingerprint density at radius 3 is 2.12 bits per heavy atom. The minimum atomic E-state index is -0.374. The van der Waals surface area contributed by atoms with E-state index in [4.69, 9.17) is 0 Å². The fraction of sp³-hybridized carbons (Fsp3) is 0.160. The van der Waals surface area contributed by atoms with Crippen LogP contribution in [0.25, 0.3) is 0 Å². The van der Waals surface area contributed by atoms with Gasteiger partial charge in [0.15, 0.2) is 0 Å². The molecule has 0 radical (unpaired) electrons. The molecule has 1 N–H and O–H groups in total. The second-order valence-corrected chi connectivity index (χ2v) is 7.66. The minimum Gasteiger partial charge on any atom is -0.324 e. The van der Waals surface area contributed by atoms with Gasteiger partial charge in [0.25, 0.3) is 11.8 Å². The Morgan fingerprint density at radius 2 is 1.47 bits per heavy atom. The van der Waals surface area contributed by atoms with Gasteiger partial charge >= 0.3 is 0 Å². The molecule has 7 nitrogen and oxygen atoms in total. The summed E-state index contributed by atoms with van der Waals surface area (Å²) in [5.41, 5.74) is 4.60. The summed E-state index contributed by atoms with van der Waals surface area (Å²) < 4.78 is 0. The Bertz CT molecular complexity index is 1200. The molecular formula is C25H22N4O3. The van der Waals surface area contributed by atoms with Gasteiger partial charge in [-0.15, -0.1) is 5.11 Å². The van der Waals surface area contributed by atoms with E-state index in [0.717, 1.165) is 16.0 Å². The monoisotopic (exact) mass is 426 g/mol. The minimum absolute atomic E-state index is 0.00423. The number of nitrogens with zero attached hydrogens (tertiary/aromatic N) is 3. The average Bonchev–Trinajstić information content (AvgIpc) is 3.03. The summed E-state index contributed by atoms with van der Waals surface area (Å²) in [4.78, 5) is 38.6. The number of azo groups is 1. The van der Waals surface area contributed by atoms with Gasteiger partial charge in [-0.3, -0.25) is 19.3 Å². The van der Waals surface area contributed by atoms with Crippen molar-refractivity contribution in [2.45, 2.75) is 20.3 Å². The lowest BCUT2D eigenvalue weighted by Crippen LogP contribution is -2.32. The molecule has 1 heterocycles. The van der Waals surface area contributed by atoms with Crippen molar-refractivity contribution in [3.63, 3.8) is 0 Å². The summed E-state index contributed by atoms with van der Waals surface area (Å²) in [5.74, 6) is -1.07. The number of hydrogen-bond acceptors (Lipinski definition) is 5. The molecule has 7 heteroatoms. The first-order chi connectivity index (χ1) is 15.4. The number of nitrogens with one attached hydrogen (secondary N) is 1. The standard InChI is InChI=1S/C25H22N4O3/c1-16-7-10-18(11-8-16)27-28-22-15-17(2)9-12-21(22)26-23(30)13-14-29-24(31)19-5-3-4-6-20(19)25(29)32/h3-12,15H,13-14H2,1-2H3,(H,26,30). The van der Waals surface area contributed by atoms with Crippen LogP contribution in [0.4, 0.5) is 17.1 Å². The first kappa shape index (κ1) is 21.1. The van der Waals surface area contributed by atoms with E-state index in [0.29, 0.717) is 28.2 Å². The Morgan fingerprint density at radius 1 is 0.844 bits per heavy atom. The van der Waals surface area contributed by atoms with Gasteiger partial charge in [-0.1, -0.05) is 35.9 Å². The summed E-state index contributed by atoms with van der Waals surface area (Å²) in [6, 6.07) is 19.8. The molecule has 1 aliphatic rings. The zero-order valence-electron chi connectivity index (χ0n) is 17.8. The van der Waals surface area contributed by atoms with Gasteiger partial charge in [0.2, 0.25) is 5.91 Å². The molecule has 0 bridgehead atoms. The highest BCUT2D eigenvalue weighted by Crippen LogP contribution is 2.29. The number of rotatable bonds is 6. The number of aryl methyl sites for hydroxylation is 2. The quantitative estimate of drug-likeness (QED) is 0.426. The lowest BCUT2D eigenvalue weighted by Gasteiger charge is -2.14. The zero-order valence-corrected chi connectivity index (χ0v) is 17.8. The number of fused-ring (bicyclic) bond motifs is 1. The predicted octanol–water partition coefficient (Wildman–Crippen LogP) is 5.34. The molecule has 0 unspecified atom stereocenters. The van der Waals surface area contributed by atoms with Crippen LogP contribution < -0.4 is 5.32 Å². The molecule has 4 rings (SSSR count). The molecule has 0 spiro atoms. The van der Waals surface area contributed by atoms with Crippen molar-refractivity contribution < 1.29 is 14.4 Å². The largest absolute Gasteiger partial charge is 0.324 e. The van der Waals surface area contributed by atoms with E-state index in [1.165, 1.54) is 0 Å². The van der Waals surface area contributed by atoms with Crippen molar-refractivity contribution in [2.24, 2.45) is 10.2 Å². The molecular weight excluding hydrogens is 404 g/mol. The van der Waals surface area contributed by atoms with E-state index in [1.54, 1.807) is 30.3 Å². The van der Waals surface area contributed by atoms with Crippen molar-refractivity contribution in [1.29, 1.82) is 0 Å². The Kier molecular flexibility index (Phi) is 5.89. The van der Waals surface area contributed by atoms with Crippen molar-refractivity contribution in [1.82, 2.24) is 4.90 Å². The van der Waals surface area contributed by atoms with Crippen LogP contribution in [0.2, 0.25) is 0 Å². The van der Waals surface area contributed by atoms with Gasteiger partial charge in [-0.2, -0.15) is 5.11 Å². The lowest BCUT2D eigenvalue weighted by atomic mass is 10.1. The van der Waals surface area contributed by atoms with Crippen LogP contribution in [0.1, 0.15) is 38.3 Å². The van der Waals surface area contributed by atoms with Gasteiger partial charge < -0.3 is 5.32 Å². The van der Waals surface area contributed by atoms with Gasteiger partial charge in [0, 0.05) is 13.0 Å². The maximum atomic E-state index is 12.6. The maximum absolute atomic E-state index is 12.6. The highest BCUT2D eigenvalue weighted by Gasteiger charge is 2.34. The first-order valence-electron chi connectivity index (χ1n) is 10.3. The first-order valence-corrected chi connectivity index (χ1v) is 10.3. The van der Waals surface area contributed by atoms with Gasteiger partial charge in [0.1, 0.15) is 5.69 Å². The number of imide groups is 1. The molecule has 0 fully saturated rings. The van der Waals surface area contributed by atoms with E-state index in [2.05, 4.69) is 15.5 Å². The Balaban J connectivity index is 1.43. The van der Waals surface area contributed by atoms with Crippen molar-refractivity contribution in [2.75, 3.05) is 11.9 Å². The molecule has 0 saturated heterocycles. The normalized spacial score (nSPS) is 13.0. The zero-order chi connectivity index (χ0) is 22.7. The van der Waals surface area contributed by atoms with Crippen LogP contribution in [-0.4, -0.2) is 29.2 Å². The van der Waals surface area contributed by atoms with Crippen LogP contribution in [0.3, 0.4) is 0 Å². The molecule has 32 heavy (non-hydrogen) atoms. The number of amides is 3. The van der Waals surface area contributed by atoms with Crippen LogP contribution in [0.5, 0.6) is 0 Å². The van der Waals surface area contributed by atoms with Crippen LogP contribution in [0, 0.1) is 13.8 Å². The second kappa shape index (κ2) is 8.93. The summed E-state index contributed by atoms with van der Waals surface area (Å²) in [6.45, 7) is 3.93. The maximum Gasteiger partial charge on any atom is 0.261 e. The predicted molar refractivity (Wildman–Crippen MR) is 122 cm³/mol. The third kappa shape index (κ3) is 4.46. The summed E-state index contributed by atoms with van der Waals surface area (Å²) in [5, 5.41) is 11.4. The fourth-order valence-corrected chi connectivity index (χ4v) is 3.42. The molecule has 3 amide bonds. The van der Waals surface area contributed by atoms with Gasteiger partial charge in [0.05, 0.1) is 22.5 Å².